The lowest BCUT2D eigenvalue weighted by Gasteiger charge is -2.19. The Hall–Kier alpha value is -3.10. The van der Waals surface area contributed by atoms with Gasteiger partial charge in [-0.3, -0.25) is 9.69 Å². The van der Waals surface area contributed by atoms with Crippen LogP contribution < -0.4 is 10.9 Å². The van der Waals surface area contributed by atoms with Gasteiger partial charge in [0.2, 0.25) is 0 Å². The van der Waals surface area contributed by atoms with E-state index >= 15 is 0 Å². The third-order valence-corrected chi connectivity index (χ3v) is 7.91. The summed E-state index contributed by atoms with van der Waals surface area (Å²) in [7, 11) is 4.15. The SMILES string of the molecule is CCc1c(-c2ccc3c(c2)cc(CN2C[C@H]4C[C@@H](NC)C[C@H]4C2)n3C)[nH]c(=O)c(C(=O)O)c1O. The molecule has 0 amide bonds. The zero-order valence-electron chi connectivity index (χ0n) is 19.9. The number of nitrogens with zero attached hydrogens (tertiary/aromatic N) is 2. The average molecular weight is 465 g/mol. The monoisotopic (exact) mass is 464 g/mol. The predicted molar refractivity (Wildman–Crippen MR) is 131 cm³/mol. The van der Waals surface area contributed by atoms with Crippen molar-refractivity contribution >= 4 is 16.9 Å². The molecular formula is C26H32N4O4. The molecule has 2 aliphatic rings. The van der Waals surface area contributed by atoms with Crippen LogP contribution in [0.1, 0.15) is 41.4 Å². The van der Waals surface area contributed by atoms with Crippen LogP contribution in [0, 0.1) is 11.8 Å². The molecule has 1 aliphatic carbocycles. The zero-order chi connectivity index (χ0) is 24.1. The molecule has 2 aromatic heterocycles. The Balaban J connectivity index is 1.45. The molecular weight excluding hydrogens is 432 g/mol. The van der Waals surface area contributed by atoms with Gasteiger partial charge in [0, 0.05) is 54.9 Å². The number of carboxylic acids is 1. The minimum absolute atomic E-state index is 0.391. The van der Waals surface area contributed by atoms with Crippen molar-refractivity contribution in [2.75, 3.05) is 20.1 Å². The molecule has 3 heterocycles. The number of rotatable bonds is 6. The number of aryl methyl sites for hydroxylation is 1. The number of H-pyrrole nitrogens is 1. The molecule has 180 valence electrons. The fraction of sp³-hybridized carbons (Fsp3) is 0.462. The molecule has 8 nitrogen and oxygen atoms in total. The van der Waals surface area contributed by atoms with Crippen LogP contribution in [-0.2, 0) is 20.0 Å². The first-order valence-corrected chi connectivity index (χ1v) is 12.0. The highest BCUT2D eigenvalue weighted by Gasteiger charge is 2.40. The fourth-order valence-electron chi connectivity index (χ4n) is 6.12. The maximum Gasteiger partial charge on any atom is 0.345 e. The lowest BCUT2D eigenvalue weighted by molar-refractivity contribution is 0.0691. The van der Waals surface area contributed by atoms with Gasteiger partial charge in [0.25, 0.3) is 5.56 Å². The number of pyridine rings is 1. The Kier molecular flexibility index (Phi) is 5.73. The third kappa shape index (κ3) is 3.71. The minimum Gasteiger partial charge on any atom is -0.506 e. The second kappa shape index (κ2) is 8.60. The van der Waals surface area contributed by atoms with E-state index in [1.807, 2.05) is 25.1 Å². The van der Waals surface area contributed by atoms with E-state index in [2.05, 4.69) is 39.9 Å². The van der Waals surface area contributed by atoms with E-state index in [-0.39, 0.29) is 0 Å². The second-order valence-electron chi connectivity index (χ2n) is 9.83. The number of likely N-dealkylation sites (tertiary alicyclic amines) is 1. The molecule has 1 aromatic carbocycles. The van der Waals surface area contributed by atoms with E-state index in [4.69, 9.17) is 0 Å². The third-order valence-electron chi connectivity index (χ3n) is 7.91. The number of benzene rings is 1. The predicted octanol–water partition coefficient (Wildman–Crippen LogP) is 2.93. The molecule has 1 aliphatic heterocycles. The Morgan fingerprint density at radius 2 is 1.91 bits per heavy atom. The van der Waals surface area contributed by atoms with Gasteiger partial charge >= 0.3 is 5.97 Å². The summed E-state index contributed by atoms with van der Waals surface area (Å²) < 4.78 is 2.22. The molecule has 8 heteroatoms. The number of aromatic carboxylic acids is 1. The molecule has 3 aromatic rings. The van der Waals surface area contributed by atoms with Crippen LogP contribution in [0.25, 0.3) is 22.2 Å². The van der Waals surface area contributed by atoms with Gasteiger partial charge in [0.1, 0.15) is 5.75 Å². The molecule has 1 saturated carbocycles. The number of aromatic hydroxyl groups is 1. The van der Waals surface area contributed by atoms with Crippen molar-refractivity contribution in [2.45, 2.75) is 38.8 Å². The van der Waals surface area contributed by atoms with E-state index in [1.54, 1.807) is 0 Å². The van der Waals surface area contributed by atoms with Crippen molar-refractivity contribution < 1.29 is 15.0 Å². The van der Waals surface area contributed by atoms with Crippen molar-refractivity contribution in [3.8, 4) is 17.0 Å². The topological polar surface area (TPSA) is 111 Å². The molecule has 3 atom stereocenters. The number of carboxylic acid groups (broad SMARTS) is 1. The standard InChI is InChI=1S/C26H32N4O4/c1-4-20-23(28-25(32)22(24(20)31)26(33)34)14-5-6-21-15(7-14)10-19(29(21)3)13-30-11-16-8-18(27-2)9-17(16)12-30/h5-7,10,16-18,27H,4,8-9,11-13H2,1-3H3,(H,33,34)(H2,28,31,32)/t16-,17+,18-. The number of hydrogen-bond acceptors (Lipinski definition) is 5. The van der Waals surface area contributed by atoms with Crippen LogP contribution in [0.15, 0.2) is 29.1 Å². The quantitative estimate of drug-likeness (QED) is 0.447. The highest BCUT2D eigenvalue weighted by molar-refractivity contribution is 5.92. The smallest absolute Gasteiger partial charge is 0.345 e. The summed E-state index contributed by atoms with van der Waals surface area (Å²) in [6, 6.07) is 8.79. The molecule has 0 bridgehead atoms. The number of fused-ring (bicyclic) bond motifs is 2. The van der Waals surface area contributed by atoms with Crippen molar-refractivity contribution in [1.82, 2.24) is 19.8 Å². The number of carbonyl (C=O) groups is 1. The summed E-state index contributed by atoms with van der Waals surface area (Å²) in [5, 5.41) is 24.3. The average Bonchev–Trinajstić information content (AvgIpc) is 3.44. The Labute approximate surface area is 198 Å². The first-order chi connectivity index (χ1) is 16.3. The van der Waals surface area contributed by atoms with Gasteiger partial charge in [-0.1, -0.05) is 13.0 Å². The molecule has 0 unspecified atom stereocenters. The lowest BCUT2D eigenvalue weighted by atomic mass is 9.99. The van der Waals surface area contributed by atoms with Crippen LogP contribution in [0.5, 0.6) is 5.75 Å². The van der Waals surface area contributed by atoms with Gasteiger partial charge in [0.15, 0.2) is 5.56 Å². The van der Waals surface area contributed by atoms with Crippen molar-refractivity contribution in [2.24, 2.45) is 18.9 Å². The second-order valence-corrected chi connectivity index (χ2v) is 9.83. The van der Waals surface area contributed by atoms with Gasteiger partial charge in [-0.15, -0.1) is 0 Å². The number of aromatic nitrogens is 2. The summed E-state index contributed by atoms with van der Waals surface area (Å²) >= 11 is 0. The number of nitrogens with one attached hydrogen (secondary N) is 2. The van der Waals surface area contributed by atoms with Crippen molar-refractivity contribution in [3.63, 3.8) is 0 Å². The first-order valence-electron chi connectivity index (χ1n) is 12.0. The van der Waals surface area contributed by atoms with E-state index < -0.39 is 22.8 Å². The van der Waals surface area contributed by atoms with Crippen LogP contribution in [0.3, 0.4) is 0 Å². The van der Waals surface area contributed by atoms with Gasteiger partial charge in [-0.05, 0) is 61.9 Å². The Morgan fingerprint density at radius 1 is 1.21 bits per heavy atom. The molecule has 2 fully saturated rings. The van der Waals surface area contributed by atoms with Gasteiger partial charge < -0.3 is 25.1 Å². The minimum atomic E-state index is -1.43. The molecule has 0 spiro atoms. The normalized spacial score (nSPS) is 22.5. The molecule has 34 heavy (non-hydrogen) atoms. The highest BCUT2D eigenvalue weighted by Crippen LogP contribution is 2.39. The highest BCUT2D eigenvalue weighted by atomic mass is 16.4. The zero-order valence-corrected chi connectivity index (χ0v) is 19.9. The molecule has 1 saturated heterocycles. The largest absolute Gasteiger partial charge is 0.506 e. The number of aromatic amines is 1. The maximum absolute atomic E-state index is 12.4. The molecule has 0 radical (unpaired) electrons. The van der Waals surface area contributed by atoms with E-state index in [9.17, 15) is 19.8 Å². The van der Waals surface area contributed by atoms with Gasteiger partial charge in [0.05, 0.1) is 5.69 Å². The fourth-order valence-corrected chi connectivity index (χ4v) is 6.12. The summed E-state index contributed by atoms with van der Waals surface area (Å²) in [5.74, 6) is -0.327. The molecule has 4 N–H and O–H groups in total. The van der Waals surface area contributed by atoms with Crippen molar-refractivity contribution in [1.29, 1.82) is 0 Å². The van der Waals surface area contributed by atoms with Gasteiger partial charge in [-0.25, -0.2) is 4.79 Å². The van der Waals surface area contributed by atoms with E-state index in [1.165, 1.54) is 18.5 Å². The summed E-state index contributed by atoms with van der Waals surface area (Å²) in [5.41, 5.74) is 2.57. The van der Waals surface area contributed by atoms with Crippen LogP contribution in [0.4, 0.5) is 0 Å². The van der Waals surface area contributed by atoms with Gasteiger partial charge in [-0.2, -0.15) is 0 Å². The van der Waals surface area contributed by atoms with Crippen LogP contribution in [0.2, 0.25) is 0 Å². The Bertz CT molecular complexity index is 1310. The van der Waals surface area contributed by atoms with Crippen molar-refractivity contribution in [3.05, 3.63) is 51.4 Å². The summed E-state index contributed by atoms with van der Waals surface area (Å²) in [6.07, 6.45) is 2.92. The summed E-state index contributed by atoms with van der Waals surface area (Å²) in [4.78, 5) is 29.0. The molecule has 5 rings (SSSR count). The summed E-state index contributed by atoms with van der Waals surface area (Å²) in [6.45, 7) is 5.02. The van der Waals surface area contributed by atoms with E-state index in [0.29, 0.717) is 23.7 Å². The maximum atomic E-state index is 12.4. The number of hydrogen-bond donors (Lipinski definition) is 4. The van der Waals surface area contributed by atoms with E-state index in [0.717, 1.165) is 47.9 Å². The van der Waals surface area contributed by atoms with Crippen LogP contribution >= 0.6 is 0 Å². The Morgan fingerprint density at radius 3 is 2.53 bits per heavy atom. The lowest BCUT2D eigenvalue weighted by Crippen LogP contribution is -2.27. The first kappa shape index (κ1) is 22.7. The van der Waals surface area contributed by atoms with Crippen LogP contribution in [-0.4, -0.2) is 56.8 Å².